The van der Waals surface area contributed by atoms with Crippen molar-refractivity contribution >= 4 is 29.9 Å². The number of rotatable bonds is 8. The van der Waals surface area contributed by atoms with E-state index in [0.717, 1.165) is 36.9 Å². The monoisotopic (exact) mass is 519 g/mol. The zero-order valence-corrected chi connectivity index (χ0v) is 20.1. The molecule has 3 aromatic rings. The van der Waals surface area contributed by atoms with Crippen molar-refractivity contribution < 1.29 is 4.74 Å². The Bertz CT molecular complexity index is 909. The molecule has 0 saturated carbocycles. The summed E-state index contributed by atoms with van der Waals surface area (Å²) in [5.74, 6) is 1.77. The summed E-state index contributed by atoms with van der Waals surface area (Å²) in [5.41, 5.74) is 3.46. The van der Waals surface area contributed by atoms with Gasteiger partial charge in [-0.1, -0.05) is 30.3 Å². The van der Waals surface area contributed by atoms with Gasteiger partial charge in [0.05, 0.1) is 18.5 Å². The van der Waals surface area contributed by atoms with Gasteiger partial charge in [0, 0.05) is 33.4 Å². The summed E-state index contributed by atoms with van der Waals surface area (Å²) >= 11 is 0. The Morgan fingerprint density at radius 1 is 1.10 bits per heavy atom. The maximum absolute atomic E-state index is 5.50. The van der Waals surface area contributed by atoms with E-state index in [0.29, 0.717) is 6.61 Å². The van der Waals surface area contributed by atoms with Gasteiger partial charge in [0.15, 0.2) is 5.96 Å². The molecule has 0 bridgehead atoms. The highest BCUT2D eigenvalue weighted by molar-refractivity contribution is 14.0. The third-order valence-electron chi connectivity index (χ3n) is 4.58. The molecule has 0 atom stereocenters. The normalized spacial score (nSPS) is 11.0. The van der Waals surface area contributed by atoms with Gasteiger partial charge in [0.2, 0.25) is 0 Å². The molecule has 1 heterocycles. The van der Waals surface area contributed by atoms with Crippen LogP contribution in [0.25, 0.3) is 5.69 Å². The van der Waals surface area contributed by atoms with Crippen molar-refractivity contribution in [2.75, 3.05) is 27.2 Å². The molecule has 3 rings (SSSR count). The molecular formula is C23H30IN5O. The molecule has 0 aliphatic carbocycles. The van der Waals surface area contributed by atoms with Crippen LogP contribution in [0, 0.1) is 0 Å². The second-order valence-electron chi connectivity index (χ2n) is 6.79. The Morgan fingerprint density at radius 3 is 2.50 bits per heavy atom. The van der Waals surface area contributed by atoms with Gasteiger partial charge in [0.25, 0.3) is 0 Å². The summed E-state index contributed by atoms with van der Waals surface area (Å²) in [4.78, 5) is 6.52. The highest BCUT2D eigenvalue weighted by atomic mass is 127. The van der Waals surface area contributed by atoms with E-state index in [-0.39, 0.29) is 24.0 Å². The number of hydrogen-bond donors (Lipinski definition) is 1. The van der Waals surface area contributed by atoms with Crippen molar-refractivity contribution in [3.63, 3.8) is 0 Å². The molecule has 7 heteroatoms. The molecule has 30 heavy (non-hydrogen) atoms. The van der Waals surface area contributed by atoms with Gasteiger partial charge in [-0.25, -0.2) is 4.68 Å². The number of para-hydroxylation sites is 1. The van der Waals surface area contributed by atoms with Gasteiger partial charge in [-0.05, 0) is 48.7 Å². The minimum Gasteiger partial charge on any atom is -0.494 e. The third-order valence-corrected chi connectivity index (χ3v) is 4.58. The summed E-state index contributed by atoms with van der Waals surface area (Å²) in [6.07, 6.45) is 4.87. The van der Waals surface area contributed by atoms with Gasteiger partial charge >= 0.3 is 0 Å². The number of nitrogens with one attached hydrogen (secondary N) is 1. The van der Waals surface area contributed by atoms with Gasteiger partial charge in [-0.15, -0.1) is 24.0 Å². The number of guanidine groups is 1. The van der Waals surface area contributed by atoms with Crippen molar-refractivity contribution in [3.05, 3.63) is 78.1 Å². The minimum absolute atomic E-state index is 0. The second-order valence-corrected chi connectivity index (χ2v) is 6.79. The fourth-order valence-corrected chi connectivity index (χ4v) is 3.12. The van der Waals surface area contributed by atoms with Crippen molar-refractivity contribution in [1.82, 2.24) is 20.0 Å². The molecule has 0 unspecified atom stereocenters. The quantitative estimate of drug-likeness (QED) is 0.276. The standard InChI is InChI=1S/C23H29N5O.HI/c1-4-29-22-12-10-19(11-13-22)17-27(3)23(24-2)25-15-14-20-16-26-28(18-20)21-8-6-5-7-9-21;/h5-13,16,18H,4,14-15,17H2,1-3H3,(H,24,25);1H. The zero-order chi connectivity index (χ0) is 20.5. The van der Waals surface area contributed by atoms with Crippen LogP contribution in [0.15, 0.2) is 72.0 Å². The molecule has 0 spiro atoms. The number of hydrogen-bond acceptors (Lipinski definition) is 3. The molecule has 0 amide bonds. The van der Waals surface area contributed by atoms with Crippen LogP contribution >= 0.6 is 24.0 Å². The lowest BCUT2D eigenvalue weighted by Crippen LogP contribution is -2.39. The minimum atomic E-state index is 0. The SMILES string of the molecule is CCOc1ccc(CN(C)C(=NC)NCCc2cnn(-c3ccccc3)c2)cc1.I. The van der Waals surface area contributed by atoms with Crippen molar-refractivity contribution in [2.24, 2.45) is 4.99 Å². The first-order chi connectivity index (χ1) is 14.2. The van der Waals surface area contributed by atoms with E-state index in [1.165, 1.54) is 11.1 Å². The number of aromatic nitrogens is 2. The summed E-state index contributed by atoms with van der Waals surface area (Å²) in [7, 11) is 3.85. The van der Waals surface area contributed by atoms with Crippen molar-refractivity contribution in [2.45, 2.75) is 19.9 Å². The lowest BCUT2D eigenvalue weighted by molar-refractivity contribution is 0.340. The molecule has 160 valence electrons. The molecule has 1 N–H and O–H groups in total. The fourth-order valence-electron chi connectivity index (χ4n) is 3.12. The number of nitrogens with zero attached hydrogens (tertiary/aromatic N) is 4. The first-order valence-corrected chi connectivity index (χ1v) is 9.92. The molecule has 0 fully saturated rings. The van der Waals surface area contributed by atoms with E-state index < -0.39 is 0 Å². The highest BCUT2D eigenvalue weighted by Gasteiger charge is 2.07. The highest BCUT2D eigenvalue weighted by Crippen LogP contribution is 2.13. The Morgan fingerprint density at radius 2 is 1.83 bits per heavy atom. The molecule has 0 radical (unpaired) electrons. The molecule has 2 aromatic carbocycles. The summed E-state index contributed by atoms with van der Waals surface area (Å²) in [6, 6.07) is 18.3. The number of halogens is 1. The van der Waals surface area contributed by atoms with Crippen LogP contribution in [0.1, 0.15) is 18.1 Å². The molecule has 1 aromatic heterocycles. The van der Waals surface area contributed by atoms with E-state index in [1.54, 1.807) is 0 Å². The van der Waals surface area contributed by atoms with E-state index in [4.69, 9.17) is 4.74 Å². The predicted molar refractivity (Wildman–Crippen MR) is 133 cm³/mol. The second kappa shape index (κ2) is 12.2. The largest absolute Gasteiger partial charge is 0.494 e. The fraction of sp³-hybridized carbons (Fsp3) is 0.304. The Hall–Kier alpha value is -2.55. The van der Waals surface area contributed by atoms with Crippen LogP contribution in [0.4, 0.5) is 0 Å². The average molecular weight is 519 g/mol. The number of benzene rings is 2. The molecule has 0 saturated heterocycles. The first-order valence-electron chi connectivity index (χ1n) is 9.92. The smallest absolute Gasteiger partial charge is 0.193 e. The molecule has 6 nitrogen and oxygen atoms in total. The van der Waals surface area contributed by atoms with E-state index in [1.807, 2.05) is 74.4 Å². The average Bonchev–Trinajstić information content (AvgIpc) is 3.22. The Labute approximate surface area is 196 Å². The van der Waals surface area contributed by atoms with Gasteiger partial charge in [-0.3, -0.25) is 4.99 Å². The van der Waals surface area contributed by atoms with Crippen LogP contribution in [-0.2, 0) is 13.0 Å². The van der Waals surface area contributed by atoms with Gasteiger partial charge in [0.1, 0.15) is 5.75 Å². The van der Waals surface area contributed by atoms with Crippen LogP contribution < -0.4 is 10.1 Å². The topological polar surface area (TPSA) is 54.7 Å². The molecule has 0 aliphatic heterocycles. The molecule has 0 aliphatic rings. The summed E-state index contributed by atoms with van der Waals surface area (Å²) in [5, 5.41) is 7.89. The summed E-state index contributed by atoms with van der Waals surface area (Å²) < 4.78 is 7.41. The van der Waals surface area contributed by atoms with E-state index >= 15 is 0 Å². The van der Waals surface area contributed by atoms with Crippen molar-refractivity contribution in [1.29, 1.82) is 0 Å². The number of ether oxygens (including phenoxy) is 1. The lowest BCUT2D eigenvalue weighted by Gasteiger charge is -2.22. The van der Waals surface area contributed by atoms with Gasteiger partial charge < -0.3 is 15.0 Å². The van der Waals surface area contributed by atoms with Crippen molar-refractivity contribution in [3.8, 4) is 11.4 Å². The number of aliphatic imine (C=N–C) groups is 1. The summed E-state index contributed by atoms with van der Waals surface area (Å²) in [6.45, 7) is 4.24. The predicted octanol–water partition coefficient (Wildman–Crippen LogP) is 4.14. The van der Waals surface area contributed by atoms with E-state index in [9.17, 15) is 0 Å². The third kappa shape index (κ3) is 6.76. The zero-order valence-electron chi connectivity index (χ0n) is 17.8. The Balaban J connectivity index is 0.00000320. The lowest BCUT2D eigenvalue weighted by atomic mass is 10.2. The first kappa shape index (κ1) is 23.7. The maximum Gasteiger partial charge on any atom is 0.193 e. The van der Waals surface area contributed by atoms with Crippen LogP contribution in [0.2, 0.25) is 0 Å². The Kier molecular flexibility index (Phi) is 9.66. The van der Waals surface area contributed by atoms with E-state index in [2.05, 4.69) is 38.6 Å². The van der Waals surface area contributed by atoms with Gasteiger partial charge in [-0.2, -0.15) is 5.10 Å². The van der Waals surface area contributed by atoms with Crippen LogP contribution in [0.5, 0.6) is 5.75 Å². The maximum atomic E-state index is 5.50. The van der Waals surface area contributed by atoms with Crippen LogP contribution in [-0.4, -0.2) is 47.9 Å². The molecular weight excluding hydrogens is 489 g/mol. The van der Waals surface area contributed by atoms with Crippen LogP contribution in [0.3, 0.4) is 0 Å².